The summed E-state index contributed by atoms with van der Waals surface area (Å²) in [5, 5.41) is 5.88. The summed E-state index contributed by atoms with van der Waals surface area (Å²) in [5.74, 6) is 0.611. The molecular weight excluding hydrogens is 511 g/mol. The molecule has 2 unspecified atom stereocenters. The van der Waals surface area contributed by atoms with Crippen LogP contribution in [0.3, 0.4) is 0 Å². The molecule has 170 valence electrons. The van der Waals surface area contributed by atoms with Gasteiger partial charge in [-0.05, 0) is 12.5 Å². The van der Waals surface area contributed by atoms with Crippen LogP contribution < -0.4 is 10.6 Å². The summed E-state index contributed by atoms with van der Waals surface area (Å²) >= 11 is 0. The van der Waals surface area contributed by atoms with E-state index in [1.165, 1.54) is 10.5 Å². The molecule has 1 aromatic carbocycles. The predicted octanol–water partition coefficient (Wildman–Crippen LogP) is 0.707. The van der Waals surface area contributed by atoms with Crippen molar-refractivity contribution < 1.29 is 14.3 Å². The molecule has 4 rings (SSSR count). The molecule has 10 heteroatoms. The average molecular weight is 542 g/mol. The Kier molecular flexibility index (Phi) is 8.50. The Morgan fingerprint density at radius 2 is 2.06 bits per heavy atom. The fourth-order valence-electron chi connectivity index (χ4n) is 4.31. The lowest BCUT2D eigenvalue weighted by Gasteiger charge is -2.36. The second kappa shape index (κ2) is 11.1. The maximum atomic E-state index is 11.7. The number of hydrogen-bond acceptors (Lipinski definition) is 5. The average Bonchev–Trinajstić information content (AvgIpc) is 3.33. The van der Waals surface area contributed by atoms with Crippen molar-refractivity contribution in [2.75, 3.05) is 52.4 Å². The van der Waals surface area contributed by atoms with Gasteiger partial charge in [-0.2, -0.15) is 0 Å². The van der Waals surface area contributed by atoms with E-state index in [9.17, 15) is 9.59 Å². The molecule has 31 heavy (non-hydrogen) atoms. The van der Waals surface area contributed by atoms with Crippen LogP contribution in [0.5, 0.6) is 0 Å². The normalized spacial score (nSPS) is 24.1. The maximum Gasteiger partial charge on any atom is 0.324 e. The Balaban J connectivity index is 0.00000272. The van der Waals surface area contributed by atoms with Crippen LogP contribution >= 0.6 is 24.0 Å². The van der Waals surface area contributed by atoms with Gasteiger partial charge in [-0.15, -0.1) is 24.0 Å². The number of hydrogen-bond donors (Lipinski definition) is 2. The fraction of sp³-hybridized carbons (Fsp3) is 0.571. The minimum atomic E-state index is -0.336. The summed E-state index contributed by atoms with van der Waals surface area (Å²) in [7, 11) is 0. The van der Waals surface area contributed by atoms with Crippen molar-refractivity contribution in [3.05, 3.63) is 35.9 Å². The van der Waals surface area contributed by atoms with Gasteiger partial charge in [-0.1, -0.05) is 30.3 Å². The fourth-order valence-corrected chi connectivity index (χ4v) is 4.31. The van der Waals surface area contributed by atoms with Gasteiger partial charge in [-0.3, -0.25) is 19.6 Å². The van der Waals surface area contributed by atoms with Crippen molar-refractivity contribution in [2.45, 2.75) is 25.6 Å². The van der Waals surface area contributed by atoms with Crippen LogP contribution in [-0.2, 0) is 16.1 Å². The molecule has 0 aromatic heterocycles. The first-order valence-corrected chi connectivity index (χ1v) is 10.7. The molecule has 3 fully saturated rings. The van der Waals surface area contributed by atoms with Gasteiger partial charge in [0.25, 0.3) is 0 Å². The lowest BCUT2D eigenvalue weighted by molar-refractivity contribution is -0.124. The highest BCUT2D eigenvalue weighted by Gasteiger charge is 2.41. The van der Waals surface area contributed by atoms with E-state index in [1.807, 2.05) is 13.0 Å². The second-order valence-electron chi connectivity index (χ2n) is 7.78. The largest absolute Gasteiger partial charge is 0.373 e. The monoisotopic (exact) mass is 542 g/mol. The third-order valence-corrected chi connectivity index (χ3v) is 5.80. The molecule has 3 amide bonds. The summed E-state index contributed by atoms with van der Waals surface area (Å²) in [6.45, 7) is 7.73. The van der Waals surface area contributed by atoms with Crippen molar-refractivity contribution in [1.29, 1.82) is 0 Å². The number of imide groups is 1. The predicted molar refractivity (Wildman–Crippen MR) is 128 cm³/mol. The van der Waals surface area contributed by atoms with Crippen molar-refractivity contribution in [3.8, 4) is 0 Å². The van der Waals surface area contributed by atoms with E-state index in [1.54, 1.807) is 0 Å². The Labute approximate surface area is 200 Å². The molecule has 0 saturated carbocycles. The van der Waals surface area contributed by atoms with Gasteiger partial charge < -0.3 is 20.3 Å². The molecule has 3 saturated heterocycles. The topological polar surface area (TPSA) is 89.5 Å². The molecule has 2 atom stereocenters. The number of likely N-dealkylation sites (tertiary alicyclic amines) is 1. The Bertz CT molecular complexity index is 777. The maximum absolute atomic E-state index is 11.7. The summed E-state index contributed by atoms with van der Waals surface area (Å²) < 4.78 is 6.07. The number of amides is 3. The Morgan fingerprint density at radius 3 is 2.77 bits per heavy atom. The van der Waals surface area contributed by atoms with Gasteiger partial charge in [-0.25, -0.2) is 4.79 Å². The van der Waals surface area contributed by atoms with Crippen LogP contribution in [0.25, 0.3) is 0 Å². The van der Waals surface area contributed by atoms with Crippen molar-refractivity contribution in [1.82, 2.24) is 25.3 Å². The van der Waals surface area contributed by atoms with Crippen LogP contribution in [0.2, 0.25) is 0 Å². The van der Waals surface area contributed by atoms with Crippen molar-refractivity contribution in [3.63, 3.8) is 0 Å². The van der Waals surface area contributed by atoms with Crippen molar-refractivity contribution >= 4 is 41.9 Å². The number of benzene rings is 1. The first-order valence-electron chi connectivity index (χ1n) is 10.7. The van der Waals surface area contributed by atoms with E-state index in [0.29, 0.717) is 12.6 Å². The lowest BCUT2D eigenvalue weighted by Crippen LogP contribution is -2.50. The standard InChI is InChI=1S/C21H30N6O3.HI/c1-2-22-20(23-8-9-27-19(28)12-24-21(27)29)26-14-17-18(15-26)30-11-10-25(17)13-16-6-4-3-5-7-16;/h3-7,17-18H,2,8-15H2,1H3,(H,22,23)(H,24,29);1H. The van der Waals surface area contributed by atoms with Crippen LogP contribution in [0.4, 0.5) is 4.79 Å². The molecule has 9 nitrogen and oxygen atoms in total. The number of nitrogens with one attached hydrogen (secondary N) is 2. The summed E-state index contributed by atoms with van der Waals surface area (Å²) in [4.78, 5) is 34.1. The number of halogens is 1. The molecular formula is C21H31IN6O3. The number of morpholine rings is 1. The lowest BCUT2D eigenvalue weighted by atomic mass is 10.1. The summed E-state index contributed by atoms with van der Waals surface area (Å²) in [6, 6.07) is 10.5. The summed E-state index contributed by atoms with van der Waals surface area (Å²) in [5.41, 5.74) is 1.31. The summed E-state index contributed by atoms with van der Waals surface area (Å²) in [6.07, 6.45) is 0.150. The quantitative estimate of drug-likeness (QED) is 0.238. The first kappa shape index (κ1) is 23.7. The van der Waals surface area contributed by atoms with Crippen LogP contribution in [-0.4, -0.2) is 97.2 Å². The molecule has 3 heterocycles. The number of urea groups is 1. The number of guanidine groups is 1. The molecule has 0 radical (unpaired) electrons. The molecule has 0 spiro atoms. The van der Waals surface area contributed by atoms with Crippen LogP contribution in [0.1, 0.15) is 12.5 Å². The Hall–Kier alpha value is -1.92. The molecule has 2 N–H and O–H groups in total. The molecule has 1 aromatic rings. The third-order valence-electron chi connectivity index (χ3n) is 5.80. The molecule has 3 aliphatic heterocycles. The number of nitrogens with zero attached hydrogens (tertiary/aromatic N) is 4. The number of rotatable bonds is 6. The first-order chi connectivity index (χ1) is 14.7. The number of carbonyl (C=O) groups excluding carboxylic acids is 2. The zero-order valence-electron chi connectivity index (χ0n) is 17.8. The second-order valence-corrected chi connectivity index (χ2v) is 7.78. The van der Waals surface area contributed by atoms with Crippen LogP contribution in [0, 0.1) is 0 Å². The van der Waals surface area contributed by atoms with Crippen LogP contribution in [0.15, 0.2) is 35.3 Å². The smallest absolute Gasteiger partial charge is 0.324 e. The zero-order valence-corrected chi connectivity index (χ0v) is 20.2. The zero-order chi connectivity index (χ0) is 20.9. The van der Waals surface area contributed by atoms with E-state index < -0.39 is 0 Å². The van der Waals surface area contributed by atoms with E-state index in [2.05, 4.69) is 49.7 Å². The van der Waals surface area contributed by atoms with E-state index in [4.69, 9.17) is 4.74 Å². The van der Waals surface area contributed by atoms with Crippen molar-refractivity contribution in [2.24, 2.45) is 4.99 Å². The number of carbonyl (C=O) groups is 2. The molecule has 0 aliphatic carbocycles. The van der Waals surface area contributed by atoms with Gasteiger partial charge in [0.05, 0.1) is 38.4 Å². The van der Waals surface area contributed by atoms with E-state index >= 15 is 0 Å². The number of fused-ring (bicyclic) bond motifs is 1. The van der Waals surface area contributed by atoms with Gasteiger partial charge in [0, 0.05) is 32.7 Å². The molecule has 0 bridgehead atoms. The molecule has 3 aliphatic rings. The highest BCUT2D eigenvalue weighted by molar-refractivity contribution is 14.0. The Morgan fingerprint density at radius 1 is 1.26 bits per heavy atom. The van der Waals surface area contributed by atoms with E-state index in [-0.39, 0.29) is 55.1 Å². The minimum absolute atomic E-state index is 0. The van der Waals surface area contributed by atoms with Gasteiger partial charge >= 0.3 is 6.03 Å². The van der Waals surface area contributed by atoms with Gasteiger partial charge in [0.2, 0.25) is 5.91 Å². The van der Waals surface area contributed by atoms with Gasteiger partial charge in [0.1, 0.15) is 0 Å². The highest BCUT2D eigenvalue weighted by atomic mass is 127. The third kappa shape index (κ3) is 5.66. The minimum Gasteiger partial charge on any atom is -0.373 e. The number of aliphatic imine (C=N–C) groups is 1. The van der Waals surface area contributed by atoms with E-state index in [0.717, 1.165) is 45.3 Å². The van der Waals surface area contributed by atoms with Gasteiger partial charge in [0.15, 0.2) is 5.96 Å². The number of ether oxygens (including phenoxy) is 1. The SMILES string of the molecule is CCNC(=NCCN1C(=O)CNC1=O)N1CC2OCCN(Cc3ccccc3)C2C1.I. The highest BCUT2D eigenvalue weighted by Crippen LogP contribution is 2.24.